The largest absolute Gasteiger partial charge is 0.497 e. The van der Waals surface area contributed by atoms with E-state index in [-0.39, 0.29) is 0 Å². The number of fused-ring (bicyclic) bond motifs is 1. The van der Waals surface area contributed by atoms with Gasteiger partial charge in [0.2, 0.25) is 0 Å². The number of methoxy groups -OCH3 is 1. The van der Waals surface area contributed by atoms with Gasteiger partial charge in [0.25, 0.3) is 0 Å². The molecular weight excluding hydrogens is 216 g/mol. The molecule has 0 bridgehead atoms. The molecule has 3 rings (SSSR count). The lowest BCUT2D eigenvalue weighted by molar-refractivity contribution is 0.387. The molecule has 0 amide bonds. The fourth-order valence-electron chi connectivity index (χ4n) is 2.29. The van der Waals surface area contributed by atoms with Crippen molar-refractivity contribution in [3.63, 3.8) is 0 Å². The third kappa shape index (κ3) is 2.00. The van der Waals surface area contributed by atoms with E-state index in [2.05, 4.69) is 10.3 Å². The molecule has 1 N–H and O–H groups in total. The van der Waals surface area contributed by atoms with Gasteiger partial charge in [-0.15, -0.1) is 0 Å². The molecule has 1 atom stereocenters. The van der Waals surface area contributed by atoms with Crippen LogP contribution in [0.5, 0.6) is 5.75 Å². The molecule has 17 heavy (non-hydrogen) atoms. The van der Waals surface area contributed by atoms with E-state index in [1.165, 1.54) is 6.42 Å². The lowest BCUT2D eigenvalue weighted by Crippen LogP contribution is -2.28. The van der Waals surface area contributed by atoms with Crippen molar-refractivity contribution in [3.05, 3.63) is 24.1 Å². The standard InChI is InChI=1S/C13H16N2O2/c1-16-10-4-5-12-11(7-10)15-13(17-12)9-3-2-6-14-8-9/h4-5,7,9,14H,2-3,6,8H2,1H3. The Hall–Kier alpha value is -1.55. The van der Waals surface area contributed by atoms with Crippen LogP contribution in [0.3, 0.4) is 0 Å². The normalized spacial score (nSPS) is 20.6. The third-order valence-corrected chi connectivity index (χ3v) is 3.26. The van der Waals surface area contributed by atoms with Crippen LogP contribution in [0.15, 0.2) is 22.6 Å². The van der Waals surface area contributed by atoms with Gasteiger partial charge in [0, 0.05) is 18.5 Å². The van der Waals surface area contributed by atoms with E-state index >= 15 is 0 Å². The lowest BCUT2D eigenvalue weighted by atomic mass is 10.00. The highest BCUT2D eigenvalue weighted by atomic mass is 16.5. The maximum absolute atomic E-state index is 5.80. The maximum Gasteiger partial charge on any atom is 0.199 e. The molecule has 1 fully saturated rings. The van der Waals surface area contributed by atoms with Crippen molar-refractivity contribution in [2.75, 3.05) is 20.2 Å². The van der Waals surface area contributed by atoms with Crippen molar-refractivity contribution in [2.45, 2.75) is 18.8 Å². The first-order chi connectivity index (χ1) is 8.36. The Bertz CT molecular complexity index is 515. The number of oxazole rings is 1. The zero-order valence-corrected chi connectivity index (χ0v) is 9.90. The molecule has 0 radical (unpaired) electrons. The van der Waals surface area contributed by atoms with Crippen LogP contribution in [0.1, 0.15) is 24.7 Å². The van der Waals surface area contributed by atoms with E-state index in [0.717, 1.165) is 42.3 Å². The number of ether oxygens (including phenoxy) is 1. The van der Waals surface area contributed by atoms with E-state index in [1.54, 1.807) is 7.11 Å². The second-order valence-electron chi connectivity index (χ2n) is 4.43. The Morgan fingerprint density at radius 2 is 2.41 bits per heavy atom. The van der Waals surface area contributed by atoms with Crippen LogP contribution in [-0.2, 0) is 0 Å². The molecule has 1 unspecified atom stereocenters. The molecule has 4 nitrogen and oxygen atoms in total. The van der Waals surface area contributed by atoms with Crippen molar-refractivity contribution in [3.8, 4) is 5.75 Å². The first-order valence-corrected chi connectivity index (χ1v) is 6.02. The van der Waals surface area contributed by atoms with Gasteiger partial charge in [0.15, 0.2) is 11.5 Å². The van der Waals surface area contributed by atoms with Gasteiger partial charge in [0.05, 0.1) is 7.11 Å². The molecular formula is C13H16N2O2. The highest BCUT2D eigenvalue weighted by molar-refractivity contribution is 5.74. The van der Waals surface area contributed by atoms with E-state index in [9.17, 15) is 0 Å². The quantitative estimate of drug-likeness (QED) is 0.863. The first-order valence-electron chi connectivity index (χ1n) is 6.02. The summed E-state index contributed by atoms with van der Waals surface area (Å²) in [7, 11) is 1.66. The highest BCUT2D eigenvalue weighted by Gasteiger charge is 2.20. The second-order valence-corrected chi connectivity index (χ2v) is 4.43. The molecule has 2 heterocycles. The van der Waals surface area contributed by atoms with Gasteiger partial charge in [-0.2, -0.15) is 0 Å². The summed E-state index contributed by atoms with van der Waals surface area (Å²) >= 11 is 0. The summed E-state index contributed by atoms with van der Waals surface area (Å²) in [6, 6.07) is 5.73. The van der Waals surface area contributed by atoms with Gasteiger partial charge in [-0.3, -0.25) is 0 Å². The fourth-order valence-corrected chi connectivity index (χ4v) is 2.29. The first kappa shape index (κ1) is 10.6. The van der Waals surface area contributed by atoms with Gasteiger partial charge in [-0.1, -0.05) is 0 Å². The predicted molar refractivity (Wildman–Crippen MR) is 65.4 cm³/mol. The highest BCUT2D eigenvalue weighted by Crippen LogP contribution is 2.27. The molecule has 1 aliphatic rings. The summed E-state index contributed by atoms with van der Waals surface area (Å²) in [5, 5.41) is 3.38. The molecule has 90 valence electrons. The number of hydrogen-bond acceptors (Lipinski definition) is 4. The van der Waals surface area contributed by atoms with Crippen molar-refractivity contribution < 1.29 is 9.15 Å². The molecule has 0 spiro atoms. The fraction of sp³-hybridized carbons (Fsp3) is 0.462. The maximum atomic E-state index is 5.80. The number of nitrogens with zero attached hydrogens (tertiary/aromatic N) is 1. The summed E-state index contributed by atoms with van der Waals surface area (Å²) in [4.78, 5) is 4.56. The monoisotopic (exact) mass is 232 g/mol. The minimum absolute atomic E-state index is 0.405. The third-order valence-electron chi connectivity index (χ3n) is 3.26. The molecule has 1 saturated heterocycles. The summed E-state index contributed by atoms with van der Waals surface area (Å²) in [5.74, 6) is 2.07. The average molecular weight is 232 g/mol. The number of rotatable bonds is 2. The Balaban J connectivity index is 1.95. The van der Waals surface area contributed by atoms with Crippen LogP contribution in [0.25, 0.3) is 11.1 Å². The number of benzene rings is 1. The SMILES string of the molecule is COc1ccc2oc(C3CCCNC3)nc2c1. The molecule has 0 saturated carbocycles. The molecule has 1 aromatic carbocycles. The van der Waals surface area contributed by atoms with Crippen LogP contribution >= 0.6 is 0 Å². The Morgan fingerprint density at radius 1 is 1.47 bits per heavy atom. The van der Waals surface area contributed by atoms with Crippen LogP contribution in [-0.4, -0.2) is 25.2 Å². The number of aromatic nitrogens is 1. The molecule has 0 aliphatic carbocycles. The summed E-state index contributed by atoms with van der Waals surface area (Å²) in [6.45, 7) is 2.06. The van der Waals surface area contributed by atoms with Gasteiger partial charge < -0.3 is 14.5 Å². The van der Waals surface area contributed by atoms with Gasteiger partial charge in [0.1, 0.15) is 11.3 Å². The van der Waals surface area contributed by atoms with Crippen molar-refractivity contribution >= 4 is 11.1 Å². The Kier molecular flexibility index (Phi) is 2.73. The molecule has 1 aromatic heterocycles. The Morgan fingerprint density at radius 3 is 3.18 bits per heavy atom. The molecule has 4 heteroatoms. The van der Waals surface area contributed by atoms with Gasteiger partial charge in [-0.05, 0) is 31.5 Å². The Labute approximate surface area is 100.0 Å². The zero-order valence-electron chi connectivity index (χ0n) is 9.90. The van der Waals surface area contributed by atoms with E-state index in [1.807, 2.05) is 18.2 Å². The van der Waals surface area contributed by atoms with Gasteiger partial charge >= 0.3 is 0 Å². The second kappa shape index (κ2) is 4.37. The van der Waals surface area contributed by atoms with Crippen molar-refractivity contribution in [2.24, 2.45) is 0 Å². The van der Waals surface area contributed by atoms with Crippen molar-refractivity contribution in [1.29, 1.82) is 0 Å². The average Bonchev–Trinajstić information content (AvgIpc) is 2.82. The van der Waals surface area contributed by atoms with Crippen LogP contribution in [0.2, 0.25) is 0 Å². The van der Waals surface area contributed by atoms with E-state index < -0.39 is 0 Å². The van der Waals surface area contributed by atoms with Crippen LogP contribution < -0.4 is 10.1 Å². The topological polar surface area (TPSA) is 47.3 Å². The van der Waals surface area contributed by atoms with Crippen LogP contribution in [0, 0.1) is 0 Å². The summed E-state index contributed by atoms with van der Waals surface area (Å²) in [6.07, 6.45) is 2.34. The number of hydrogen-bond donors (Lipinski definition) is 1. The summed E-state index contributed by atoms with van der Waals surface area (Å²) < 4.78 is 11.0. The summed E-state index contributed by atoms with van der Waals surface area (Å²) in [5.41, 5.74) is 1.72. The minimum atomic E-state index is 0.405. The van der Waals surface area contributed by atoms with E-state index in [4.69, 9.17) is 9.15 Å². The van der Waals surface area contributed by atoms with Crippen LogP contribution in [0.4, 0.5) is 0 Å². The predicted octanol–water partition coefficient (Wildman–Crippen LogP) is 2.30. The van der Waals surface area contributed by atoms with Crippen molar-refractivity contribution in [1.82, 2.24) is 10.3 Å². The smallest absolute Gasteiger partial charge is 0.199 e. The molecule has 1 aliphatic heterocycles. The minimum Gasteiger partial charge on any atom is -0.497 e. The van der Waals surface area contributed by atoms with Gasteiger partial charge in [-0.25, -0.2) is 4.98 Å². The lowest BCUT2D eigenvalue weighted by Gasteiger charge is -2.19. The number of piperidine rings is 1. The molecule has 2 aromatic rings. The zero-order chi connectivity index (χ0) is 11.7. The van der Waals surface area contributed by atoms with E-state index in [0.29, 0.717) is 5.92 Å². The number of nitrogens with one attached hydrogen (secondary N) is 1.